The highest BCUT2D eigenvalue weighted by molar-refractivity contribution is 4.73. The van der Waals surface area contributed by atoms with Crippen LogP contribution in [0.5, 0.6) is 0 Å². The van der Waals surface area contributed by atoms with E-state index in [1.165, 1.54) is 0 Å². The topological polar surface area (TPSA) is 32.3 Å². The summed E-state index contributed by atoms with van der Waals surface area (Å²) in [5, 5.41) is 12.1. The molecule has 0 aromatic carbocycles. The van der Waals surface area contributed by atoms with Crippen molar-refractivity contribution in [1.82, 2.24) is 5.32 Å². The van der Waals surface area contributed by atoms with Crippen LogP contribution in [0, 0.1) is 5.92 Å². The molecule has 2 atom stereocenters. The predicted molar refractivity (Wildman–Crippen MR) is 37.3 cm³/mol. The molecule has 54 valence electrons. The third-order valence-corrected chi connectivity index (χ3v) is 1.99. The summed E-state index contributed by atoms with van der Waals surface area (Å²) in [6, 6.07) is 0.607. The molecule has 1 aliphatic rings. The molecule has 2 nitrogen and oxygen atoms in total. The molecule has 9 heavy (non-hydrogen) atoms. The molecule has 0 spiro atoms. The molecule has 1 fully saturated rings. The van der Waals surface area contributed by atoms with Crippen molar-refractivity contribution < 1.29 is 5.11 Å². The molecular weight excluding hydrogens is 114 g/mol. The molecule has 1 aliphatic heterocycles. The van der Waals surface area contributed by atoms with E-state index < -0.39 is 0 Å². The Balaban J connectivity index is 2.23. The van der Waals surface area contributed by atoms with Gasteiger partial charge in [-0.05, 0) is 32.2 Å². The van der Waals surface area contributed by atoms with Crippen molar-refractivity contribution in [1.29, 1.82) is 0 Å². The average Bonchev–Trinajstić information content (AvgIpc) is 1.88. The van der Waals surface area contributed by atoms with Crippen LogP contribution in [0.2, 0.25) is 0 Å². The molecule has 0 unspecified atom stereocenters. The Labute approximate surface area is 56.3 Å². The molecule has 2 N–H and O–H groups in total. The van der Waals surface area contributed by atoms with E-state index in [1.54, 1.807) is 0 Å². The first-order chi connectivity index (χ1) is 4.33. The van der Waals surface area contributed by atoms with Gasteiger partial charge in [-0.3, -0.25) is 0 Å². The summed E-state index contributed by atoms with van der Waals surface area (Å²) in [7, 11) is 0. The maximum atomic E-state index is 8.78. The van der Waals surface area contributed by atoms with E-state index >= 15 is 0 Å². The Morgan fingerprint density at radius 3 is 2.89 bits per heavy atom. The summed E-state index contributed by atoms with van der Waals surface area (Å²) in [6.07, 6.45) is 2.28. The standard InChI is InChI=1S/C7H15NO/c1-6-4-7(5-9)2-3-8-6/h6-9H,2-5H2,1H3/t6-,7-/m0/s1. The normalized spacial score (nSPS) is 36.7. The average molecular weight is 129 g/mol. The molecule has 0 amide bonds. The van der Waals surface area contributed by atoms with Gasteiger partial charge < -0.3 is 10.4 Å². The lowest BCUT2D eigenvalue weighted by Gasteiger charge is -2.26. The maximum absolute atomic E-state index is 8.78. The minimum atomic E-state index is 0.367. The fraction of sp³-hybridized carbons (Fsp3) is 1.00. The van der Waals surface area contributed by atoms with Crippen molar-refractivity contribution in [2.75, 3.05) is 13.2 Å². The van der Waals surface area contributed by atoms with E-state index in [0.29, 0.717) is 18.6 Å². The van der Waals surface area contributed by atoms with Crippen LogP contribution in [0.4, 0.5) is 0 Å². The van der Waals surface area contributed by atoms with Crippen LogP contribution in [0.25, 0.3) is 0 Å². The smallest absolute Gasteiger partial charge is 0.0460 e. The third kappa shape index (κ3) is 1.95. The predicted octanol–water partition coefficient (Wildman–Crippen LogP) is 0.367. The first kappa shape index (κ1) is 7.03. The second-order valence-electron chi connectivity index (χ2n) is 2.93. The monoisotopic (exact) mass is 129 g/mol. The van der Waals surface area contributed by atoms with E-state index in [1.807, 2.05) is 0 Å². The summed E-state index contributed by atoms with van der Waals surface area (Å²) in [5.41, 5.74) is 0. The molecule has 0 saturated carbocycles. The van der Waals surface area contributed by atoms with Crippen molar-refractivity contribution in [2.45, 2.75) is 25.8 Å². The van der Waals surface area contributed by atoms with Gasteiger partial charge in [-0.25, -0.2) is 0 Å². The van der Waals surface area contributed by atoms with E-state index in [-0.39, 0.29) is 0 Å². The zero-order valence-corrected chi connectivity index (χ0v) is 5.93. The van der Waals surface area contributed by atoms with Crippen LogP contribution >= 0.6 is 0 Å². The van der Waals surface area contributed by atoms with Crippen molar-refractivity contribution in [3.8, 4) is 0 Å². The summed E-state index contributed by atoms with van der Waals surface area (Å²) in [5.74, 6) is 0.557. The molecule has 1 rings (SSSR count). The van der Waals surface area contributed by atoms with Crippen molar-refractivity contribution in [3.05, 3.63) is 0 Å². The minimum absolute atomic E-state index is 0.367. The lowest BCUT2D eigenvalue weighted by molar-refractivity contribution is 0.180. The molecule has 2 heteroatoms. The largest absolute Gasteiger partial charge is 0.396 e. The van der Waals surface area contributed by atoms with Crippen LogP contribution in [-0.4, -0.2) is 24.3 Å². The van der Waals surface area contributed by atoms with Gasteiger partial charge in [0.05, 0.1) is 0 Å². The fourth-order valence-electron chi connectivity index (χ4n) is 1.40. The SMILES string of the molecule is C[C@H]1C[C@@H](CO)CCN1. The molecule has 1 saturated heterocycles. The van der Waals surface area contributed by atoms with Crippen LogP contribution in [0.15, 0.2) is 0 Å². The van der Waals surface area contributed by atoms with Crippen molar-refractivity contribution >= 4 is 0 Å². The lowest BCUT2D eigenvalue weighted by atomic mass is 9.94. The Hall–Kier alpha value is -0.0800. The number of hydrogen-bond acceptors (Lipinski definition) is 2. The van der Waals surface area contributed by atoms with E-state index in [0.717, 1.165) is 19.4 Å². The van der Waals surface area contributed by atoms with Crippen LogP contribution < -0.4 is 5.32 Å². The summed E-state index contributed by atoms with van der Waals surface area (Å²) in [6.45, 7) is 3.61. The number of aliphatic hydroxyl groups is 1. The van der Waals surface area contributed by atoms with E-state index in [2.05, 4.69) is 12.2 Å². The molecular formula is C7H15NO. The van der Waals surface area contributed by atoms with Gasteiger partial charge in [0, 0.05) is 12.6 Å². The van der Waals surface area contributed by atoms with Gasteiger partial charge in [-0.1, -0.05) is 0 Å². The van der Waals surface area contributed by atoms with Gasteiger partial charge in [0.1, 0.15) is 0 Å². The molecule has 0 radical (unpaired) electrons. The Morgan fingerprint density at radius 2 is 2.44 bits per heavy atom. The number of hydrogen-bond donors (Lipinski definition) is 2. The first-order valence-corrected chi connectivity index (χ1v) is 3.67. The molecule has 0 aliphatic carbocycles. The van der Waals surface area contributed by atoms with Gasteiger partial charge in [0.15, 0.2) is 0 Å². The van der Waals surface area contributed by atoms with Crippen LogP contribution in [0.1, 0.15) is 19.8 Å². The van der Waals surface area contributed by atoms with Gasteiger partial charge in [-0.2, -0.15) is 0 Å². The number of rotatable bonds is 1. The number of piperidine rings is 1. The number of aliphatic hydroxyl groups excluding tert-OH is 1. The Morgan fingerprint density at radius 1 is 1.67 bits per heavy atom. The minimum Gasteiger partial charge on any atom is -0.396 e. The maximum Gasteiger partial charge on any atom is 0.0460 e. The Bertz CT molecular complexity index is 85.0. The highest BCUT2D eigenvalue weighted by Gasteiger charge is 2.16. The molecule has 0 aromatic rings. The number of nitrogens with one attached hydrogen (secondary N) is 1. The highest BCUT2D eigenvalue weighted by atomic mass is 16.3. The molecule has 1 heterocycles. The third-order valence-electron chi connectivity index (χ3n) is 1.99. The van der Waals surface area contributed by atoms with Crippen molar-refractivity contribution in [3.63, 3.8) is 0 Å². The van der Waals surface area contributed by atoms with Crippen molar-refractivity contribution in [2.24, 2.45) is 5.92 Å². The molecule has 0 bridgehead atoms. The second-order valence-corrected chi connectivity index (χ2v) is 2.93. The van der Waals surface area contributed by atoms with Crippen LogP contribution in [0.3, 0.4) is 0 Å². The summed E-state index contributed by atoms with van der Waals surface area (Å²) >= 11 is 0. The quantitative estimate of drug-likeness (QED) is 0.536. The van der Waals surface area contributed by atoms with E-state index in [9.17, 15) is 0 Å². The fourth-order valence-corrected chi connectivity index (χ4v) is 1.40. The molecule has 0 aromatic heterocycles. The highest BCUT2D eigenvalue weighted by Crippen LogP contribution is 2.14. The Kier molecular flexibility index (Phi) is 2.49. The van der Waals surface area contributed by atoms with Gasteiger partial charge in [-0.15, -0.1) is 0 Å². The van der Waals surface area contributed by atoms with Gasteiger partial charge >= 0.3 is 0 Å². The lowest BCUT2D eigenvalue weighted by Crippen LogP contribution is -2.36. The zero-order chi connectivity index (χ0) is 6.69. The van der Waals surface area contributed by atoms with Gasteiger partial charge in [0.2, 0.25) is 0 Å². The first-order valence-electron chi connectivity index (χ1n) is 3.67. The zero-order valence-electron chi connectivity index (χ0n) is 5.93. The van der Waals surface area contributed by atoms with E-state index in [4.69, 9.17) is 5.11 Å². The summed E-state index contributed by atoms with van der Waals surface area (Å²) in [4.78, 5) is 0. The summed E-state index contributed by atoms with van der Waals surface area (Å²) < 4.78 is 0. The van der Waals surface area contributed by atoms with Gasteiger partial charge in [0.25, 0.3) is 0 Å². The second kappa shape index (κ2) is 3.18. The van der Waals surface area contributed by atoms with Crippen LogP contribution in [-0.2, 0) is 0 Å².